The third-order valence-corrected chi connectivity index (χ3v) is 4.39. The number of carbonyl (C=O) groups excluding carboxylic acids is 1. The second-order valence-corrected chi connectivity index (χ2v) is 5.97. The Morgan fingerprint density at radius 3 is 2.61 bits per heavy atom. The van der Waals surface area contributed by atoms with Gasteiger partial charge < -0.3 is 5.11 Å². The van der Waals surface area contributed by atoms with Crippen molar-refractivity contribution in [2.24, 2.45) is 0 Å². The second kappa shape index (κ2) is 6.26. The van der Waals surface area contributed by atoms with Crippen molar-refractivity contribution in [3.05, 3.63) is 64.8 Å². The van der Waals surface area contributed by atoms with Gasteiger partial charge in [-0.1, -0.05) is 42.1 Å². The molecule has 0 aliphatic carbocycles. The van der Waals surface area contributed by atoms with Gasteiger partial charge in [-0.15, -0.1) is 0 Å². The van der Waals surface area contributed by atoms with E-state index in [2.05, 4.69) is 0 Å². The lowest BCUT2D eigenvalue weighted by atomic mass is 10.2. The standard InChI is InChI=1S/C17H12FNO3S/c18-12-6-2-1-5-11(12)9-15-17(22)19(10-16(20)21)13-7-3-4-8-14(13)23-15/h1-9H,10H2,(H,20,21). The van der Waals surface area contributed by atoms with Gasteiger partial charge in [-0.3, -0.25) is 14.5 Å². The van der Waals surface area contributed by atoms with Gasteiger partial charge in [0.1, 0.15) is 12.4 Å². The quantitative estimate of drug-likeness (QED) is 0.877. The summed E-state index contributed by atoms with van der Waals surface area (Å²) in [5.74, 6) is -1.98. The molecule has 23 heavy (non-hydrogen) atoms. The summed E-state index contributed by atoms with van der Waals surface area (Å²) in [6, 6.07) is 13.2. The number of anilines is 1. The van der Waals surface area contributed by atoms with Gasteiger partial charge in [0.2, 0.25) is 0 Å². The minimum atomic E-state index is -1.11. The van der Waals surface area contributed by atoms with E-state index in [1.807, 2.05) is 0 Å². The van der Waals surface area contributed by atoms with Crippen LogP contribution in [0, 0.1) is 5.82 Å². The van der Waals surface area contributed by atoms with E-state index in [4.69, 9.17) is 5.11 Å². The van der Waals surface area contributed by atoms with E-state index >= 15 is 0 Å². The molecule has 1 amide bonds. The largest absolute Gasteiger partial charge is 0.480 e. The molecule has 0 saturated heterocycles. The molecule has 6 heteroatoms. The first-order valence-corrected chi connectivity index (χ1v) is 7.64. The van der Waals surface area contributed by atoms with Crippen LogP contribution in [0.1, 0.15) is 5.56 Å². The molecule has 0 unspecified atom stereocenters. The summed E-state index contributed by atoms with van der Waals surface area (Å²) in [6.07, 6.45) is 1.45. The highest BCUT2D eigenvalue weighted by atomic mass is 32.2. The molecule has 1 N–H and O–H groups in total. The third kappa shape index (κ3) is 3.12. The fraction of sp³-hybridized carbons (Fsp3) is 0.0588. The molecular formula is C17H12FNO3S. The molecule has 0 fully saturated rings. The van der Waals surface area contributed by atoms with Crippen LogP contribution in [0.25, 0.3) is 6.08 Å². The van der Waals surface area contributed by atoms with Crippen LogP contribution in [0.15, 0.2) is 58.3 Å². The monoisotopic (exact) mass is 329 g/mol. The lowest BCUT2D eigenvalue weighted by molar-refractivity contribution is -0.136. The number of carboxylic acid groups (broad SMARTS) is 1. The Hall–Kier alpha value is -2.60. The van der Waals surface area contributed by atoms with Gasteiger partial charge in [0.05, 0.1) is 10.6 Å². The first-order chi connectivity index (χ1) is 11.1. The highest BCUT2D eigenvalue weighted by Gasteiger charge is 2.30. The van der Waals surface area contributed by atoms with Gasteiger partial charge in [0.25, 0.3) is 5.91 Å². The number of carbonyl (C=O) groups is 2. The van der Waals surface area contributed by atoms with Crippen LogP contribution in [0.2, 0.25) is 0 Å². The average molecular weight is 329 g/mol. The van der Waals surface area contributed by atoms with Gasteiger partial charge in [-0.05, 0) is 24.3 Å². The number of rotatable bonds is 3. The SMILES string of the molecule is O=C(O)CN1C(=O)C(=Cc2ccccc2F)Sc2ccccc21. The van der Waals surface area contributed by atoms with Crippen molar-refractivity contribution in [3.8, 4) is 0 Å². The summed E-state index contributed by atoms with van der Waals surface area (Å²) >= 11 is 1.21. The first-order valence-electron chi connectivity index (χ1n) is 6.83. The molecule has 1 heterocycles. The Balaban J connectivity index is 2.06. The molecule has 4 nitrogen and oxygen atoms in total. The molecule has 2 aromatic rings. The zero-order valence-electron chi connectivity index (χ0n) is 11.9. The molecule has 116 valence electrons. The summed E-state index contributed by atoms with van der Waals surface area (Å²) in [5.41, 5.74) is 0.841. The third-order valence-electron chi connectivity index (χ3n) is 3.32. The van der Waals surface area contributed by atoms with Gasteiger partial charge >= 0.3 is 5.97 Å². The maximum absolute atomic E-state index is 13.8. The molecule has 0 aromatic heterocycles. The number of benzene rings is 2. The van der Waals surface area contributed by atoms with Crippen molar-refractivity contribution in [1.29, 1.82) is 0 Å². The molecule has 0 spiro atoms. The number of halogens is 1. The smallest absolute Gasteiger partial charge is 0.323 e. The van der Waals surface area contributed by atoms with Crippen molar-refractivity contribution in [2.45, 2.75) is 4.90 Å². The minimum Gasteiger partial charge on any atom is -0.480 e. The molecule has 3 rings (SSSR count). The number of amides is 1. The van der Waals surface area contributed by atoms with E-state index < -0.39 is 24.2 Å². The Labute approximate surface area is 136 Å². The van der Waals surface area contributed by atoms with Gasteiger partial charge in [0.15, 0.2) is 0 Å². The van der Waals surface area contributed by atoms with Crippen molar-refractivity contribution in [3.63, 3.8) is 0 Å². The molecule has 0 bridgehead atoms. The average Bonchev–Trinajstić information content (AvgIpc) is 2.53. The predicted octanol–water partition coefficient (Wildman–Crippen LogP) is 3.39. The number of hydrogen-bond donors (Lipinski definition) is 1. The normalized spacial score (nSPS) is 15.6. The summed E-state index contributed by atoms with van der Waals surface area (Å²) in [7, 11) is 0. The zero-order valence-corrected chi connectivity index (χ0v) is 12.7. The number of para-hydroxylation sites is 1. The number of fused-ring (bicyclic) bond motifs is 1. The fourth-order valence-electron chi connectivity index (χ4n) is 2.29. The van der Waals surface area contributed by atoms with E-state index in [0.29, 0.717) is 5.69 Å². The van der Waals surface area contributed by atoms with Crippen molar-refractivity contribution in [2.75, 3.05) is 11.4 Å². The second-order valence-electron chi connectivity index (χ2n) is 4.88. The van der Waals surface area contributed by atoms with Gasteiger partial charge in [-0.2, -0.15) is 0 Å². The Morgan fingerprint density at radius 2 is 1.87 bits per heavy atom. The van der Waals surface area contributed by atoms with Gasteiger partial charge in [0, 0.05) is 10.5 Å². The zero-order chi connectivity index (χ0) is 16.4. The van der Waals surface area contributed by atoms with E-state index in [9.17, 15) is 14.0 Å². The van der Waals surface area contributed by atoms with Gasteiger partial charge in [-0.25, -0.2) is 4.39 Å². The summed E-state index contributed by atoms with van der Waals surface area (Å²) in [5, 5.41) is 9.05. The van der Waals surface area contributed by atoms with Crippen LogP contribution in [-0.4, -0.2) is 23.5 Å². The lowest BCUT2D eigenvalue weighted by Gasteiger charge is -2.29. The van der Waals surface area contributed by atoms with Crippen LogP contribution >= 0.6 is 11.8 Å². The summed E-state index contributed by atoms with van der Waals surface area (Å²) in [6.45, 7) is -0.439. The number of hydrogen-bond acceptors (Lipinski definition) is 3. The Bertz CT molecular complexity index is 819. The first kappa shape index (κ1) is 15.3. The molecule has 0 saturated carbocycles. The van der Waals surface area contributed by atoms with Crippen LogP contribution < -0.4 is 4.90 Å². The van der Waals surface area contributed by atoms with Crippen LogP contribution in [0.5, 0.6) is 0 Å². The van der Waals surface area contributed by atoms with Crippen LogP contribution in [-0.2, 0) is 9.59 Å². The molecular weight excluding hydrogens is 317 g/mol. The Kier molecular flexibility index (Phi) is 4.16. The molecule has 0 radical (unpaired) electrons. The van der Waals surface area contributed by atoms with Crippen molar-refractivity contribution >= 4 is 35.4 Å². The molecule has 1 aliphatic heterocycles. The van der Waals surface area contributed by atoms with E-state index in [1.54, 1.807) is 42.5 Å². The Morgan fingerprint density at radius 1 is 1.17 bits per heavy atom. The van der Waals surface area contributed by atoms with E-state index in [-0.39, 0.29) is 10.5 Å². The van der Waals surface area contributed by atoms with Crippen LogP contribution in [0.4, 0.5) is 10.1 Å². The van der Waals surface area contributed by atoms with Crippen molar-refractivity contribution in [1.82, 2.24) is 0 Å². The minimum absolute atomic E-state index is 0.287. The molecule has 2 aromatic carbocycles. The highest BCUT2D eigenvalue weighted by Crippen LogP contribution is 2.41. The summed E-state index contributed by atoms with van der Waals surface area (Å²) < 4.78 is 13.8. The molecule has 0 atom stereocenters. The topological polar surface area (TPSA) is 57.6 Å². The van der Waals surface area contributed by atoms with E-state index in [0.717, 1.165) is 4.90 Å². The lowest BCUT2D eigenvalue weighted by Crippen LogP contribution is -2.38. The highest BCUT2D eigenvalue weighted by molar-refractivity contribution is 8.04. The maximum Gasteiger partial charge on any atom is 0.323 e. The van der Waals surface area contributed by atoms with Crippen molar-refractivity contribution < 1.29 is 19.1 Å². The number of thioether (sulfide) groups is 1. The summed E-state index contributed by atoms with van der Waals surface area (Å²) in [4.78, 5) is 25.9. The maximum atomic E-state index is 13.8. The number of aliphatic carboxylic acids is 1. The molecule has 1 aliphatic rings. The predicted molar refractivity (Wildman–Crippen MR) is 86.7 cm³/mol. The van der Waals surface area contributed by atoms with E-state index in [1.165, 1.54) is 28.8 Å². The fourth-order valence-corrected chi connectivity index (χ4v) is 3.34. The number of carboxylic acids is 1. The van der Waals surface area contributed by atoms with Crippen LogP contribution in [0.3, 0.4) is 0 Å². The number of nitrogens with zero attached hydrogens (tertiary/aromatic N) is 1.